The van der Waals surface area contributed by atoms with Crippen LogP contribution in [0.3, 0.4) is 0 Å². The van der Waals surface area contributed by atoms with Crippen LogP contribution in [0.4, 0.5) is 11.4 Å². The third kappa shape index (κ3) is 3.05. The molecule has 6 heteroatoms. The van der Waals surface area contributed by atoms with E-state index in [-0.39, 0.29) is 24.5 Å². The molecule has 0 bridgehead atoms. The number of aryl methyl sites for hydroxylation is 1. The molecular weight excluding hydrogens is 373 g/mol. The third-order valence-corrected chi connectivity index (χ3v) is 6.88. The van der Waals surface area contributed by atoms with Gasteiger partial charge in [-0.3, -0.25) is 0 Å². The van der Waals surface area contributed by atoms with Crippen LogP contribution in [0.5, 0.6) is 0 Å². The number of rotatable bonds is 1. The van der Waals surface area contributed by atoms with Gasteiger partial charge in [0.15, 0.2) is 0 Å². The van der Waals surface area contributed by atoms with Crippen LogP contribution in [0.15, 0.2) is 41.4 Å². The number of anilines is 2. The van der Waals surface area contributed by atoms with E-state index in [4.69, 9.17) is 14.3 Å². The molecule has 0 saturated carbocycles. The fourth-order valence-corrected chi connectivity index (χ4v) is 4.43. The summed E-state index contributed by atoms with van der Waals surface area (Å²) in [4.78, 5) is 7.38. The molecule has 0 spiro atoms. The molecule has 156 valence electrons. The summed E-state index contributed by atoms with van der Waals surface area (Å²) in [6.45, 7) is 13.5. The van der Waals surface area contributed by atoms with Crippen LogP contribution in [0, 0.1) is 6.92 Å². The number of amidine groups is 1. The summed E-state index contributed by atoms with van der Waals surface area (Å²) in [7, 11) is -0.381. The van der Waals surface area contributed by atoms with Crippen molar-refractivity contribution in [2.45, 2.75) is 65.3 Å². The van der Waals surface area contributed by atoms with Crippen LogP contribution in [-0.4, -0.2) is 36.9 Å². The van der Waals surface area contributed by atoms with Gasteiger partial charge in [0.1, 0.15) is 12.0 Å². The van der Waals surface area contributed by atoms with Gasteiger partial charge in [0.25, 0.3) is 0 Å². The molecular formula is C24H30BN3O2. The van der Waals surface area contributed by atoms with Gasteiger partial charge in [0.2, 0.25) is 0 Å². The van der Waals surface area contributed by atoms with Gasteiger partial charge >= 0.3 is 7.12 Å². The summed E-state index contributed by atoms with van der Waals surface area (Å²) in [6, 6.07) is 13.1. The van der Waals surface area contributed by atoms with E-state index in [1.807, 2.05) is 0 Å². The molecule has 1 N–H and O–H groups in total. The van der Waals surface area contributed by atoms with Crippen molar-refractivity contribution in [1.82, 2.24) is 0 Å². The molecule has 1 unspecified atom stereocenters. The highest BCUT2D eigenvalue weighted by Crippen LogP contribution is 2.37. The molecule has 0 amide bonds. The zero-order valence-electron chi connectivity index (χ0n) is 18.7. The lowest BCUT2D eigenvalue weighted by Crippen LogP contribution is -2.41. The molecule has 5 nitrogen and oxygen atoms in total. The first-order chi connectivity index (χ1) is 14.1. The predicted octanol–water partition coefficient (Wildman–Crippen LogP) is 3.88. The summed E-state index contributed by atoms with van der Waals surface area (Å²) in [5.41, 5.74) is 6.46. The van der Waals surface area contributed by atoms with E-state index < -0.39 is 0 Å². The van der Waals surface area contributed by atoms with Crippen LogP contribution in [0.1, 0.15) is 51.3 Å². The van der Waals surface area contributed by atoms with Gasteiger partial charge in [-0.05, 0) is 82.8 Å². The minimum absolute atomic E-state index is 0.0315. The lowest BCUT2D eigenvalue weighted by molar-refractivity contribution is 0.00578. The van der Waals surface area contributed by atoms with Crippen molar-refractivity contribution in [2.75, 3.05) is 16.8 Å². The number of hydrogen-bond acceptors (Lipinski definition) is 5. The van der Waals surface area contributed by atoms with Crippen LogP contribution in [0.2, 0.25) is 0 Å². The maximum absolute atomic E-state index is 6.30. The van der Waals surface area contributed by atoms with Crippen LogP contribution in [0.25, 0.3) is 0 Å². The van der Waals surface area contributed by atoms with Crippen LogP contribution < -0.4 is 15.7 Å². The Balaban J connectivity index is 1.55. The molecule has 2 aromatic rings. The predicted molar refractivity (Wildman–Crippen MR) is 124 cm³/mol. The maximum Gasteiger partial charge on any atom is 0.494 e. The third-order valence-electron chi connectivity index (χ3n) is 6.88. The first-order valence-corrected chi connectivity index (χ1v) is 10.9. The molecule has 0 aromatic heterocycles. The van der Waals surface area contributed by atoms with Crippen molar-refractivity contribution in [3.05, 3.63) is 53.1 Å². The molecule has 0 aliphatic carbocycles. The second kappa shape index (κ2) is 6.60. The average Bonchev–Trinajstić information content (AvgIpc) is 3.17. The van der Waals surface area contributed by atoms with Gasteiger partial charge in [-0.2, -0.15) is 0 Å². The molecule has 3 heterocycles. The van der Waals surface area contributed by atoms with Gasteiger partial charge < -0.3 is 19.5 Å². The van der Waals surface area contributed by atoms with E-state index in [1.54, 1.807) is 0 Å². The molecule has 3 aliphatic rings. The lowest BCUT2D eigenvalue weighted by atomic mass is 9.78. The largest absolute Gasteiger partial charge is 0.494 e. The average molecular weight is 403 g/mol. The standard InChI is InChI=1S/C24H30BN3O2/c1-15-7-8-17-11-12-28(21(17)13-15)22-19-14-18(9-10-20(19)26-16(2)27-22)25-29-23(3,4)24(5,6)30-25/h7-10,13-14,16,26H,11-12H2,1-6H3. The van der Waals surface area contributed by atoms with E-state index in [9.17, 15) is 0 Å². The summed E-state index contributed by atoms with van der Waals surface area (Å²) >= 11 is 0. The lowest BCUT2D eigenvalue weighted by Gasteiger charge is -2.32. The molecule has 5 rings (SSSR count). The molecule has 0 radical (unpaired) electrons. The van der Waals surface area contributed by atoms with E-state index in [0.29, 0.717) is 0 Å². The SMILES string of the molecule is Cc1ccc2c(c1)N(C1=NC(C)Nc3ccc(B4OC(C)(C)C(C)(C)O4)cc31)CC2. The second-order valence-electron chi connectivity index (χ2n) is 9.70. The van der Waals surface area contributed by atoms with Gasteiger partial charge in [-0.15, -0.1) is 0 Å². The van der Waals surface area contributed by atoms with E-state index >= 15 is 0 Å². The maximum atomic E-state index is 6.30. The Morgan fingerprint density at radius 3 is 2.53 bits per heavy atom. The Labute approximate surface area is 179 Å². The molecule has 3 aliphatic heterocycles. The number of fused-ring (bicyclic) bond motifs is 2. The van der Waals surface area contributed by atoms with Gasteiger partial charge in [-0.25, -0.2) is 4.99 Å². The Hall–Kier alpha value is -2.31. The number of hydrogen-bond donors (Lipinski definition) is 1. The number of nitrogens with one attached hydrogen (secondary N) is 1. The molecule has 2 aromatic carbocycles. The van der Waals surface area contributed by atoms with Crippen molar-refractivity contribution < 1.29 is 9.31 Å². The number of aliphatic imine (C=N–C) groups is 1. The zero-order valence-corrected chi connectivity index (χ0v) is 18.7. The van der Waals surface area contributed by atoms with Crippen molar-refractivity contribution in [3.8, 4) is 0 Å². The second-order valence-corrected chi connectivity index (χ2v) is 9.70. The number of benzene rings is 2. The fraction of sp³-hybridized carbons (Fsp3) is 0.458. The van der Waals surface area contributed by atoms with Crippen molar-refractivity contribution >= 4 is 29.8 Å². The van der Waals surface area contributed by atoms with Gasteiger partial charge in [0.05, 0.1) is 11.2 Å². The Morgan fingerprint density at radius 2 is 1.80 bits per heavy atom. The van der Waals surface area contributed by atoms with Crippen molar-refractivity contribution in [2.24, 2.45) is 4.99 Å². The Morgan fingerprint density at radius 1 is 1.07 bits per heavy atom. The minimum Gasteiger partial charge on any atom is -0.399 e. The van der Waals surface area contributed by atoms with Crippen molar-refractivity contribution in [1.29, 1.82) is 0 Å². The van der Waals surface area contributed by atoms with E-state index in [0.717, 1.165) is 35.5 Å². The summed E-state index contributed by atoms with van der Waals surface area (Å²) < 4.78 is 12.6. The Kier molecular flexibility index (Phi) is 4.32. The fourth-order valence-electron chi connectivity index (χ4n) is 4.43. The first-order valence-electron chi connectivity index (χ1n) is 10.9. The smallest absolute Gasteiger partial charge is 0.399 e. The van der Waals surface area contributed by atoms with Crippen molar-refractivity contribution in [3.63, 3.8) is 0 Å². The monoisotopic (exact) mass is 403 g/mol. The quantitative estimate of drug-likeness (QED) is 0.735. The molecule has 1 fully saturated rings. The van der Waals surface area contributed by atoms with E-state index in [1.165, 1.54) is 16.8 Å². The summed E-state index contributed by atoms with van der Waals surface area (Å²) in [5, 5.41) is 3.50. The summed E-state index contributed by atoms with van der Waals surface area (Å²) in [5.74, 6) is 1.03. The Bertz CT molecular complexity index is 1030. The number of nitrogens with zero attached hydrogens (tertiary/aromatic N) is 2. The highest BCUT2D eigenvalue weighted by atomic mass is 16.7. The highest BCUT2D eigenvalue weighted by molar-refractivity contribution is 6.62. The zero-order chi connectivity index (χ0) is 21.3. The minimum atomic E-state index is -0.381. The molecule has 1 atom stereocenters. The topological polar surface area (TPSA) is 46.1 Å². The molecule has 30 heavy (non-hydrogen) atoms. The van der Waals surface area contributed by atoms with E-state index in [2.05, 4.69) is 88.2 Å². The van der Waals surface area contributed by atoms with Crippen LogP contribution in [-0.2, 0) is 15.7 Å². The highest BCUT2D eigenvalue weighted by Gasteiger charge is 2.51. The van der Waals surface area contributed by atoms with Gasteiger partial charge in [-0.1, -0.05) is 18.2 Å². The first kappa shape index (κ1) is 19.6. The summed E-state index contributed by atoms with van der Waals surface area (Å²) in [6.07, 6.45) is 1.08. The normalized spacial score (nSPS) is 23.7. The van der Waals surface area contributed by atoms with Gasteiger partial charge in [0, 0.05) is 23.5 Å². The molecule has 1 saturated heterocycles. The van der Waals surface area contributed by atoms with Crippen LogP contribution >= 0.6 is 0 Å².